The Morgan fingerprint density at radius 2 is 1.79 bits per heavy atom. The summed E-state index contributed by atoms with van der Waals surface area (Å²) in [6, 6.07) is 22.3. The van der Waals surface area contributed by atoms with Gasteiger partial charge in [0.1, 0.15) is 12.4 Å². The predicted octanol–water partition coefficient (Wildman–Crippen LogP) is 6.30. The lowest BCUT2D eigenvalue weighted by Gasteiger charge is -2.10. The van der Waals surface area contributed by atoms with Gasteiger partial charge in [-0.2, -0.15) is 5.10 Å². The molecule has 0 saturated heterocycles. The van der Waals surface area contributed by atoms with Crippen LogP contribution in [0.15, 0.2) is 72.8 Å². The average Bonchev–Trinajstić information content (AvgIpc) is 3.11. The minimum atomic E-state index is -0.160. The summed E-state index contributed by atoms with van der Waals surface area (Å²) in [6.07, 6.45) is 0. The molecule has 1 amide bonds. The normalized spacial score (nSPS) is 10.8. The zero-order valence-electron chi connectivity index (χ0n) is 18.3. The van der Waals surface area contributed by atoms with Crippen molar-refractivity contribution in [3.05, 3.63) is 111 Å². The molecule has 1 heterocycles. The summed E-state index contributed by atoms with van der Waals surface area (Å²) in [7, 11) is 0. The summed E-state index contributed by atoms with van der Waals surface area (Å²) >= 11 is 12.1. The fraction of sp³-hybridized carbons (Fsp3) is 0.154. The van der Waals surface area contributed by atoms with Crippen LogP contribution in [0.1, 0.15) is 32.9 Å². The number of benzene rings is 3. The molecule has 0 aliphatic rings. The van der Waals surface area contributed by atoms with Gasteiger partial charge in [-0.05, 0) is 61.9 Å². The molecule has 168 valence electrons. The number of hydrogen-bond donors (Lipinski definition) is 1. The molecule has 3 aromatic carbocycles. The van der Waals surface area contributed by atoms with Crippen LogP contribution in [-0.2, 0) is 13.2 Å². The molecule has 0 atom stereocenters. The summed E-state index contributed by atoms with van der Waals surface area (Å²) in [5.41, 5.74) is 5.30. The van der Waals surface area contributed by atoms with Gasteiger partial charge in [-0.1, -0.05) is 53.5 Å². The Kier molecular flexibility index (Phi) is 7.02. The molecule has 0 radical (unpaired) electrons. The van der Waals surface area contributed by atoms with E-state index in [-0.39, 0.29) is 12.5 Å². The zero-order valence-corrected chi connectivity index (χ0v) is 19.8. The van der Waals surface area contributed by atoms with Crippen molar-refractivity contribution in [2.75, 3.05) is 0 Å². The van der Waals surface area contributed by atoms with Crippen LogP contribution in [-0.4, -0.2) is 15.7 Å². The van der Waals surface area contributed by atoms with Crippen LogP contribution < -0.4 is 10.1 Å². The number of nitrogens with one attached hydrogen (secondary N) is 1. The third-order valence-corrected chi connectivity index (χ3v) is 5.88. The van der Waals surface area contributed by atoms with Crippen LogP contribution in [0.5, 0.6) is 5.75 Å². The third-order valence-electron chi connectivity index (χ3n) is 5.35. The van der Waals surface area contributed by atoms with Crippen LogP contribution in [0.2, 0.25) is 10.0 Å². The summed E-state index contributed by atoms with van der Waals surface area (Å²) in [5.74, 6) is 0.380. The van der Waals surface area contributed by atoms with Crippen LogP contribution >= 0.6 is 23.2 Å². The fourth-order valence-corrected chi connectivity index (χ4v) is 4.04. The summed E-state index contributed by atoms with van der Waals surface area (Å²) in [5, 5.41) is 8.64. The Bertz CT molecular complexity index is 1290. The van der Waals surface area contributed by atoms with Gasteiger partial charge in [-0.15, -0.1) is 0 Å². The number of hydrogen-bond acceptors (Lipinski definition) is 3. The first-order valence-corrected chi connectivity index (χ1v) is 11.2. The molecular formula is C26H23Cl2N3O2. The van der Waals surface area contributed by atoms with Crippen molar-refractivity contribution < 1.29 is 9.53 Å². The molecule has 0 fully saturated rings. The van der Waals surface area contributed by atoms with E-state index in [1.165, 1.54) is 0 Å². The Hall–Kier alpha value is -3.28. The Balaban J connectivity index is 1.42. The fourth-order valence-electron chi connectivity index (χ4n) is 3.58. The molecule has 0 bridgehead atoms. The molecule has 1 aromatic heterocycles. The molecule has 0 saturated carbocycles. The van der Waals surface area contributed by atoms with Crippen LogP contribution in [0.4, 0.5) is 0 Å². The summed E-state index contributed by atoms with van der Waals surface area (Å²) in [6.45, 7) is 4.64. The number of aryl methyl sites for hydroxylation is 1. The molecule has 4 rings (SSSR count). The van der Waals surface area contributed by atoms with E-state index >= 15 is 0 Å². The quantitative estimate of drug-likeness (QED) is 0.338. The average molecular weight is 480 g/mol. The second-order valence-electron chi connectivity index (χ2n) is 7.64. The van der Waals surface area contributed by atoms with E-state index in [1.54, 1.807) is 24.3 Å². The topological polar surface area (TPSA) is 56.2 Å². The molecule has 1 N–H and O–H groups in total. The lowest BCUT2D eigenvalue weighted by molar-refractivity contribution is 0.0950. The van der Waals surface area contributed by atoms with Crippen molar-refractivity contribution in [2.45, 2.75) is 27.0 Å². The van der Waals surface area contributed by atoms with Crippen LogP contribution in [0.3, 0.4) is 0 Å². The van der Waals surface area contributed by atoms with Gasteiger partial charge in [-0.25, -0.2) is 4.68 Å². The van der Waals surface area contributed by atoms with Crippen molar-refractivity contribution >= 4 is 29.1 Å². The SMILES string of the molecule is Cc1nn(-c2ccccc2)c(C)c1CNC(=O)c1cccc(COc2ccc(Cl)cc2Cl)c1. The summed E-state index contributed by atoms with van der Waals surface area (Å²) in [4.78, 5) is 12.8. The van der Waals surface area contributed by atoms with Gasteiger partial charge >= 0.3 is 0 Å². The second-order valence-corrected chi connectivity index (χ2v) is 8.49. The van der Waals surface area contributed by atoms with Crippen molar-refractivity contribution in [3.63, 3.8) is 0 Å². The van der Waals surface area contributed by atoms with Crippen molar-refractivity contribution in [3.8, 4) is 11.4 Å². The van der Waals surface area contributed by atoms with Gasteiger partial charge in [0, 0.05) is 28.4 Å². The van der Waals surface area contributed by atoms with Crippen LogP contribution in [0, 0.1) is 13.8 Å². The number of carbonyl (C=O) groups is 1. The monoisotopic (exact) mass is 479 g/mol. The molecule has 7 heteroatoms. The van der Waals surface area contributed by atoms with Crippen molar-refractivity contribution in [2.24, 2.45) is 0 Å². The maximum Gasteiger partial charge on any atom is 0.251 e. The van der Waals surface area contributed by atoms with E-state index in [0.29, 0.717) is 27.9 Å². The van der Waals surface area contributed by atoms with E-state index < -0.39 is 0 Å². The smallest absolute Gasteiger partial charge is 0.251 e. The van der Waals surface area contributed by atoms with Gasteiger partial charge in [-0.3, -0.25) is 4.79 Å². The highest BCUT2D eigenvalue weighted by Crippen LogP contribution is 2.28. The standard InChI is InChI=1S/C26H23Cl2N3O2/c1-17-23(18(2)31(30-17)22-9-4-3-5-10-22)15-29-26(32)20-8-6-7-19(13-20)16-33-25-12-11-21(27)14-24(25)28/h3-14H,15-16H2,1-2H3,(H,29,32). The van der Waals surface area contributed by atoms with E-state index in [2.05, 4.69) is 10.4 Å². The molecule has 0 spiro atoms. The van der Waals surface area contributed by atoms with Crippen LogP contribution in [0.25, 0.3) is 5.69 Å². The molecular weight excluding hydrogens is 457 g/mol. The third kappa shape index (κ3) is 5.38. The number of ether oxygens (including phenoxy) is 1. The first kappa shape index (κ1) is 22.9. The highest BCUT2D eigenvalue weighted by atomic mass is 35.5. The highest BCUT2D eigenvalue weighted by Gasteiger charge is 2.14. The van der Waals surface area contributed by atoms with Gasteiger partial charge in [0.05, 0.1) is 16.4 Å². The van der Waals surface area contributed by atoms with Gasteiger partial charge in [0.2, 0.25) is 0 Å². The number of aromatic nitrogens is 2. The molecule has 33 heavy (non-hydrogen) atoms. The van der Waals surface area contributed by atoms with E-state index in [9.17, 15) is 4.79 Å². The number of amides is 1. The first-order chi connectivity index (χ1) is 15.9. The van der Waals surface area contributed by atoms with Gasteiger partial charge in [0.25, 0.3) is 5.91 Å². The first-order valence-electron chi connectivity index (χ1n) is 10.5. The maximum atomic E-state index is 12.8. The predicted molar refractivity (Wildman–Crippen MR) is 131 cm³/mol. The molecule has 5 nitrogen and oxygen atoms in total. The summed E-state index contributed by atoms with van der Waals surface area (Å²) < 4.78 is 7.68. The van der Waals surface area contributed by atoms with E-state index in [0.717, 1.165) is 28.2 Å². The van der Waals surface area contributed by atoms with Gasteiger partial charge in [0.15, 0.2) is 0 Å². The highest BCUT2D eigenvalue weighted by molar-refractivity contribution is 6.35. The lowest BCUT2D eigenvalue weighted by Crippen LogP contribution is -2.23. The lowest BCUT2D eigenvalue weighted by atomic mass is 10.1. The number of halogens is 2. The largest absolute Gasteiger partial charge is 0.487 e. The number of para-hydroxylation sites is 1. The van der Waals surface area contributed by atoms with E-state index in [1.807, 2.05) is 67.1 Å². The second kappa shape index (κ2) is 10.1. The molecule has 4 aromatic rings. The molecule has 0 aliphatic heterocycles. The Labute approximate surface area is 202 Å². The zero-order chi connectivity index (χ0) is 23.4. The number of carbonyl (C=O) groups excluding carboxylic acids is 1. The maximum absolute atomic E-state index is 12.8. The van der Waals surface area contributed by atoms with E-state index in [4.69, 9.17) is 27.9 Å². The Morgan fingerprint density at radius 1 is 1.00 bits per heavy atom. The van der Waals surface area contributed by atoms with Crippen molar-refractivity contribution in [1.29, 1.82) is 0 Å². The molecule has 0 unspecified atom stereocenters. The van der Waals surface area contributed by atoms with Gasteiger partial charge < -0.3 is 10.1 Å². The number of nitrogens with zero attached hydrogens (tertiary/aromatic N) is 2. The number of rotatable bonds is 7. The minimum absolute atomic E-state index is 0.160. The van der Waals surface area contributed by atoms with Crippen molar-refractivity contribution in [1.82, 2.24) is 15.1 Å². The minimum Gasteiger partial charge on any atom is -0.487 e. The Morgan fingerprint density at radius 3 is 2.55 bits per heavy atom. The molecule has 0 aliphatic carbocycles.